The predicted molar refractivity (Wildman–Crippen MR) is 101 cm³/mol. The molecule has 25 heavy (non-hydrogen) atoms. The summed E-state index contributed by atoms with van der Waals surface area (Å²) in [6, 6.07) is 8.01. The van der Waals surface area contributed by atoms with E-state index < -0.39 is 0 Å². The number of carbonyl (C=O) groups is 2. The number of aryl methyl sites for hydroxylation is 1. The Labute approximate surface area is 155 Å². The van der Waals surface area contributed by atoms with Gasteiger partial charge >= 0.3 is 6.03 Å². The first-order valence-corrected chi connectivity index (χ1v) is 8.75. The number of hydrogen-bond acceptors (Lipinski definition) is 3. The van der Waals surface area contributed by atoms with Crippen LogP contribution in [0, 0.1) is 6.92 Å². The summed E-state index contributed by atoms with van der Waals surface area (Å²) in [5, 5.41) is 6.29. The second-order valence-electron chi connectivity index (χ2n) is 6.66. The molecule has 2 fully saturated rings. The minimum absolute atomic E-state index is 0. The molecule has 2 saturated heterocycles. The van der Waals surface area contributed by atoms with Gasteiger partial charge in [0.25, 0.3) is 0 Å². The maximum absolute atomic E-state index is 12.3. The van der Waals surface area contributed by atoms with Gasteiger partial charge < -0.3 is 20.4 Å². The number of benzene rings is 1. The Bertz CT molecular complexity index is 596. The number of urea groups is 1. The van der Waals surface area contributed by atoms with Gasteiger partial charge in [-0.2, -0.15) is 0 Å². The van der Waals surface area contributed by atoms with E-state index in [9.17, 15) is 9.59 Å². The summed E-state index contributed by atoms with van der Waals surface area (Å²) in [5.41, 5.74) is 1.93. The molecule has 0 bridgehead atoms. The number of halogens is 1. The van der Waals surface area contributed by atoms with Crippen molar-refractivity contribution in [2.24, 2.45) is 0 Å². The molecule has 1 unspecified atom stereocenters. The molecular weight excluding hydrogens is 340 g/mol. The van der Waals surface area contributed by atoms with E-state index in [1.807, 2.05) is 36.1 Å². The average molecular weight is 367 g/mol. The molecule has 3 rings (SSSR count). The second-order valence-corrected chi connectivity index (χ2v) is 6.66. The van der Waals surface area contributed by atoms with E-state index >= 15 is 0 Å². The van der Waals surface area contributed by atoms with E-state index in [1.165, 1.54) is 0 Å². The van der Waals surface area contributed by atoms with Crippen molar-refractivity contribution in [1.82, 2.24) is 15.1 Å². The van der Waals surface area contributed by atoms with Crippen LogP contribution in [0.1, 0.15) is 24.8 Å². The van der Waals surface area contributed by atoms with Crippen LogP contribution in [0.15, 0.2) is 24.3 Å². The molecule has 0 aliphatic carbocycles. The maximum Gasteiger partial charge on any atom is 0.321 e. The van der Waals surface area contributed by atoms with Crippen molar-refractivity contribution >= 4 is 30.0 Å². The Kier molecular flexibility index (Phi) is 7.08. The van der Waals surface area contributed by atoms with Crippen LogP contribution in [0.5, 0.6) is 0 Å². The lowest BCUT2D eigenvalue weighted by Crippen LogP contribution is -2.52. The van der Waals surface area contributed by atoms with Crippen LogP contribution < -0.4 is 10.6 Å². The summed E-state index contributed by atoms with van der Waals surface area (Å²) < 4.78 is 0. The van der Waals surface area contributed by atoms with Crippen molar-refractivity contribution in [3.05, 3.63) is 29.8 Å². The van der Waals surface area contributed by atoms with Gasteiger partial charge in [-0.3, -0.25) is 4.79 Å². The van der Waals surface area contributed by atoms with Crippen LogP contribution >= 0.6 is 12.4 Å². The van der Waals surface area contributed by atoms with Crippen LogP contribution in [0.2, 0.25) is 0 Å². The van der Waals surface area contributed by atoms with E-state index in [-0.39, 0.29) is 24.3 Å². The molecule has 2 heterocycles. The van der Waals surface area contributed by atoms with E-state index in [0.717, 1.165) is 30.6 Å². The summed E-state index contributed by atoms with van der Waals surface area (Å²) in [4.78, 5) is 28.3. The zero-order valence-electron chi connectivity index (χ0n) is 14.7. The van der Waals surface area contributed by atoms with E-state index in [4.69, 9.17) is 0 Å². The summed E-state index contributed by atoms with van der Waals surface area (Å²) in [6.07, 6.45) is 2.82. The largest absolute Gasteiger partial charge is 0.339 e. The number of nitrogens with zero attached hydrogens (tertiary/aromatic N) is 2. The third kappa shape index (κ3) is 5.34. The normalized spacial score (nSPS) is 20.1. The highest BCUT2D eigenvalue weighted by Crippen LogP contribution is 2.14. The molecule has 6 nitrogen and oxygen atoms in total. The fraction of sp³-hybridized carbons (Fsp3) is 0.556. The molecule has 0 saturated carbocycles. The van der Waals surface area contributed by atoms with E-state index in [1.54, 1.807) is 4.90 Å². The lowest BCUT2D eigenvalue weighted by atomic mass is 10.1. The van der Waals surface area contributed by atoms with Crippen molar-refractivity contribution < 1.29 is 9.59 Å². The number of nitrogens with one attached hydrogen (secondary N) is 2. The fourth-order valence-electron chi connectivity index (χ4n) is 3.36. The van der Waals surface area contributed by atoms with Gasteiger partial charge in [0.15, 0.2) is 0 Å². The summed E-state index contributed by atoms with van der Waals surface area (Å²) in [7, 11) is 0. The highest BCUT2D eigenvalue weighted by Gasteiger charge is 2.26. The highest BCUT2D eigenvalue weighted by molar-refractivity contribution is 5.89. The lowest BCUT2D eigenvalue weighted by Gasteiger charge is -2.35. The van der Waals surface area contributed by atoms with Gasteiger partial charge in [0.05, 0.1) is 0 Å². The van der Waals surface area contributed by atoms with Crippen LogP contribution in [-0.4, -0.2) is 60.5 Å². The van der Waals surface area contributed by atoms with Crippen molar-refractivity contribution in [1.29, 1.82) is 0 Å². The van der Waals surface area contributed by atoms with Gasteiger partial charge in [-0.05, 0) is 44.0 Å². The third-order valence-corrected chi connectivity index (χ3v) is 4.77. The summed E-state index contributed by atoms with van der Waals surface area (Å²) >= 11 is 0. The number of anilines is 1. The first kappa shape index (κ1) is 19.5. The fourth-order valence-corrected chi connectivity index (χ4v) is 3.36. The lowest BCUT2D eigenvalue weighted by molar-refractivity contribution is -0.133. The van der Waals surface area contributed by atoms with Crippen LogP contribution in [0.25, 0.3) is 0 Å². The Morgan fingerprint density at radius 1 is 1.20 bits per heavy atom. The summed E-state index contributed by atoms with van der Waals surface area (Å²) in [6.45, 7) is 5.42. The zero-order chi connectivity index (χ0) is 16.9. The SMILES string of the molecule is Cc1cccc(NC(=O)N2CCN(C(=O)CC3CCCN3)CC2)c1.Cl. The minimum Gasteiger partial charge on any atom is -0.339 e. The van der Waals surface area contributed by atoms with Gasteiger partial charge in [0.2, 0.25) is 5.91 Å². The summed E-state index contributed by atoms with van der Waals surface area (Å²) in [5.74, 6) is 0.202. The first-order chi connectivity index (χ1) is 11.6. The Balaban J connectivity index is 0.00000225. The molecule has 2 aliphatic rings. The van der Waals surface area contributed by atoms with Gasteiger partial charge in [0, 0.05) is 44.3 Å². The smallest absolute Gasteiger partial charge is 0.321 e. The van der Waals surface area contributed by atoms with Crippen molar-refractivity contribution in [3.63, 3.8) is 0 Å². The molecular formula is C18H27ClN4O2. The van der Waals surface area contributed by atoms with Crippen molar-refractivity contribution in [2.75, 3.05) is 38.0 Å². The minimum atomic E-state index is -0.0924. The zero-order valence-corrected chi connectivity index (χ0v) is 15.5. The van der Waals surface area contributed by atoms with Crippen LogP contribution in [0.4, 0.5) is 10.5 Å². The van der Waals surface area contributed by atoms with Crippen LogP contribution in [-0.2, 0) is 4.79 Å². The molecule has 138 valence electrons. The molecule has 1 aromatic rings. The number of rotatable bonds is 3. The van der Waals surface area contributed by atoms with Gasteiger partial charge in [-0.1, -0.05) is 12.1 Å². The van der Waals surface area contributed by atoms with Gasteiger partial charge in [-0.25, -0.2) is 4.79 Å². The first-order valence-electron chi connectivity index (χ1n) is 8.75. The standard InChI is InChI=1S/C18H26N4O2.ClH/c1-14-4-2-5-16(12-14)20-18(24)22-10-8-21(9-11-22)17(23)13-15-6-3-7-19-15;/h2,4-5,12,15,19H,3,6-11,13H2,1H3,(H,20,24);1H. The maximum atomic E-state index is 12.3. The number of amides is 3. The molecule has 0 spiro atoms. The molecule has 0 aromatic heterocycles. The Morgan fingerprint density at radius 2 is 1.92 bits per heavy atom. The Morgan fingerprint density at radius 3 is 2.56 bits per heavy atom. The second kappa shape index (κ2) is 9.06. The van der Waals surface area contributed by atoms with E-state index in [2.05, 4.69) is 10.6 Å². The molecule has 2 aliphatic heterocycles. The van der Waals surface area contributed by atoms with Crippen molar-refractivity contribution in [2.45, 2.75) is 32.2 Å². The number of carbonyl (C=O) groups excluding carboxylic acids is 2. The molecule has 1 aromatic carbocycles. The third-order valence-electron chi connectivity index (χ3n) is 4.77. The molecule has 0 radical (unpaired) electrons. The molecule has 7 heteroatoms. The molecule has 1 atom stereocenters. The average Bonchev–Trinajstić information content (AvgIpc) is 3.08. The molecule has 3 amide bonds. The van der Waals surface area contributed by atoms with E-state index in [0.29, 0.717) is 38.6 Å². The number of hydrogen-bond donors (Lipinski definition) is 2. The van der Waals surface area contributed by atoms with Crippen molar-refractivity contribution in [3.8, 4) is 0 Å². The van der Waals surface area contributed by atoms with Gasteiger partial charge in [-0.15, -0.1) is 12.4 Å². The van der Waals surface area contributed by atoms with Gasteiger partial charge in [0.1, 0.15) is 0 Å². The Hall–Kier alpha value is -1.79. The van der Waals surface area contributed by atoms with Crippen LogP contribution in [0.3, 0.4) is 0 Å². The predicted octanol–water partition coefficient (Wildman–Crippen LogP) is 2.24. The quantitative estimate of drug-likeness (QED) is 0.862. The molecule has 2 N–H and O–H groups in total. The highest BCUT2D eigenvalue weighted by atomic mass is 35.5. The topological polar surface area (TPSA) is 64.7 Å². The number of piperazine rings is 1. The monoisotopic (exact) mass is 366 g/mol.